The molecule has 3 amide bonds. The molecular weight excluding hydrogens is 378 g/mol. The highest BCUT2D eigenvalue weighted by Gasteiger charge is 2.30. The maximum atomic E-state index is 12.4. The molecule has 4 unspecified atom stereocenters. The lowest BCUT2D eigenvalue weighted by atomic mass is 10.1. The van der Waals surface area contributed by atoms with Gasteiger partial charge >= 0.3 is 5.97 Å². The largest absolute Gasteiger partial charge is 0.480 e. The second-order valence-electron chi connectivity index (χ2n) is 5.92. The SMILES string of the molecule is CC(O)C(NC(=O)CN)C(=O)NC(CCCCN)C(=O)NC(CS)C(=O)O. The lowest BCUT2D eigenvalue weighted by molar-refractivity contribution is -0.141. The van der Waals surface area contributed by atoms with Crippen LogP contribution >= 0.6 is 12.6 Å². The number of amides is 3. The van der Waals surface area contributed by atoms with E-state index in [9.17, 15) is 24.3 Å². The Balaban J connectivity index is 5.19. The first-order valence-corrected chi connectivity index (χ1v) is 9.13. The van der Waals surface area contributed by atoms with E-state index in [-0.39, 0.29) is 18.7 Å². The van der Waals surface area contributed by atoms with Crippen LogP contribution in [-0.4, -0.2) is 77.0 Å². The topological polar surface area (TPSA) is 197 Å². The summed E-state index contributed by atoms with van der Waals surface area (Å²) in [6, 6.07) is -3.60. The van der Waals surface area contributed by atoms with Crippen molar-refractivity contribution in [3.63, 3.8) is 0 Å². The van der Waals surface area contributed by atoms with Crippen molar-refractivity contribution >= 4 is 36.3 Å². The monoisotopic (exact) mass is 407 g/mol. The first-order valence-electron chi connectivity index (χ1n) is 8.49. The van der Waals surface area contributed by atoms with Crippen molar-refractivity contribution in [2.24, 2.45) is 11.5 Å². The molecule has 0 aromatic carbocycles. The van der Waals surface area contributed by atoms with Crippen LogP contribution in [0.3, 0.4) is 0 Å². The van der Waals surface area contributed by atoms with Crippen molar-refractivity contribution in [3.8, 4) is 0 Å². The molecule has 12 heteroatoms. The van der Waals surface area contributed by atoms with Crippen LogP contribution in [0.25, 0.3) is 0 Å². The number of carbonyl (C=O) groups excluding carboxylic acids is 3. The average Bonchev–Trinajstić information content (AvgIpc) is 2.62. The molecule has 0 rings (SSSR count). The van der Waals surface area contributed by atoms with Gasteiger partial charge in [-0.2, -0.15) is 12.6 Å². The lowest BCUT2D eigenvalue weighted by Gasteiger charge is -2.25. The fourth-order valence-corrected chi connectivity index (χ4v) is 2.37. The highest BCUT2D eigenvalue weighted by atomic mass is 32.1. The van der Waals surface area contributed by atoms with Gasteiger partial charge in [-0.15, -0.1) is 0 Å². The van der Waals surface area contributed by atoms with E-state index in [1.807, 2.05) is 0 Å². The summed E-state index contributed by atoms with van der Waals surface area (Å²) in [6.45, 7) is 1.31. The van der Waals surface area contributed by atoms with Gasteiger partial charge in [-0.25, -0.2) is 4.79 Å². The highest BCUT2D eigenvalue weighted by Crippen LogP contribution is 2.04. The van der Waals surface area contributed by atoms with Gasteiger partial charge in [-0.3, -0.25) is 14.4 Å². The average molecular weight is 407 g/mol. The summed E-state index contributed by atoms with van der Waals surface area (Å²) < 4.78 is 0. The number of hydrogen-bond acceptors (Lipinski definition) is 8. The molecule has 0 aliphatic heterocycles. The molecule has 0 fully saturated rings. The predicted octanol–water partition coefficient (Wildman–Crippen LogP) is -3.08. The molecule has 27 heavy (non-hydrogen) atoms. The van der Waals surface area contributed by atoms with Crippen LogP contribution < -0.4 is 27.4 Å². The smallest absolute Gasteiger partial charge is 0.327 e. The number of carbonyl (C=O) groups is 4. The fraction of sp³-hybridized carbons (Fsp3) is 0.733. The van der Waals surface area contributed by atoms with E-state index in [1.165, 1.54) is 6.92 Å². The Hall–Kier alpha value is -1.89. The fourth-order valence-electron chi connectivity index (χ4n) is 2.12. The van der Waals surface area contributed by atoms with Crippen LogP contribution in [0, 0.1) is 0 Å². The van der Waals surface area contributed by atoms with E-state index in [4.69, 9.17) is 16.6 Å². The third kappa shape index (κ3) is 9.56. The van der Waals surface area contributed by atoms with Gasteiger partial charge in [0.2, 0.25) is 17.7 Å². The van der Waals surface area contributed by atoms with Gasteiger partial charge in [-0.05, 0) is 32.7 Å². The summed E-state index contributed by atoms with van der Waals surface area (Å²) in [4.78, 5) is 47.3. The van der Waals surface area contributed by atoms with Gasteiger partial charge < -0.3 is 37.6 Å². The number of rotatable bonds is 13. The third-order valence-corrected chi connectivity index (χ3v) is 4.01. The number of aliphatic carboxylic acids is 1. The van der Waals surface area contributed by atoms with Crippen molar-refractivity contribution in [1.29, 1.82) is 0 Å². The Morgan fingerprint density at radius 3 is 2.04 bits per heavy atom. The molecular formula is C15H29N5O6S. The number of carboxylic acid groups (broad SMARTS) is 1. The van der Waals surface area contributed by atoms with Crippen molar-refractivity contribution in [2.75, 3.05) is 18.8 Å². The molecule has 4 atom stereocenters. The number of nitrogens with one attached hydrogen (secondary N) is 3. The maximum Gasteiger partial charge on any atom is 0.327 e. The number of thiol groups is 1. The number of unbranched alkanes of at least 4 members (excludes halogenated alkanes) is 1. The van der Waals surface area contributed by atoms with Crippen LogP contribution in [0.1, 0.15) is 26.2 Å². The Labute approximate surface area is 163 Å². The van der Waals surface area contributed by atoms with Gasteiger partial charge in [0, 0.05) is 5.75 Å². The van der Waals surface area contributed by atoms with Crippen LogP contribution in [0.2, 0.25) is 0 Å². The van der Waals surface area contributed by atoms with Gasteiger partial charge in [-0.1, -0.05) is 0 Å². The van der Waals surface area contributed by atoms with Gasteiger partial charge in [0.15, 0.2) is 0 Å². The quantitative estimate of drug-likeness (QED) is 0.116. The normalized spacial score (nSPS) is 15.1. The van der Waals surface area contributed by atoms with E-state index in [0.29, 0.717) is 19.4 Å². The van der Waals surface area contributed by atoms with Gasteiger partial charge in [0.1, 0.15) is 18.1 Å². The number of aliphatic hydroxyl groups is 1. The Bertz CT molecular complexity index is 519. The van der Waals surface area contributed by atoms with E-state index in [0.717, 1.165) is 0 Å². The number of nitrogens with two attached hydrogens (primary N) is 2. The van der Waals surface area contributed by atoms with Gasteiger partial charge in [0.25, 0.3) is 0 Å². The summed E-state index contributed by atoms with van der Waals surface area (Å²) in [5.41, 5.74) is 10.6. The second kappa shape index (κ2) is 13.3. The molecule has 0 heterocycles. The van der Waals surface area contributed by atoms with Gasteiger partial charge in [0.05, 0.1) is 12.6 Å². The third-order valence-electron chi connectivity index (χ3n) is 3.64. The Kier molecular flexibility index (Phi) is 12.4. The van der Waals surface area contributed by atoms with E-state index >= 15 is 0 Å². The van der Waals surface area contributed by atoms with Crippen LogP contribution in [0.15, 0.2) is 0 Å². The molecule has 0 spiro atoms. The van der Waals surface area contributed by atoms with E-state index in [1.54, 1.807) is 0 Å². The minimum atomic E-state index is -1.31. The molecule has 0 saturated carbocycles. The summed E-state index contributed by atoms with van der Waals surface area (Å²) in [5, 5.41) is 25.7. The van der Waals surface area contributed by atoms with Crippen molar-refractivity contribution in [3.05, 3.63) is 0 Å². The molecule has 0 aliphatic carbocycles. The maximum absolute atomic E-state index is 12.4. The molecule has 0 radical (unpaired) electrons. The molecule has 9 N–H and O–H groups in total. The predicted molar refractivity (Wildman–Crippen MR) is 101 cm³/mol. The summed E-state index contributed by atoms with van der Waals surface area (Å²) in [6.07, 6.45) is 0.0585. The zero-order valence-corrected chi connectivity index (χ0v) is 16.1. The molecule has 11 nitrogen and oxygen atoms in total. The Morgan fingerprint density at radius 2 is 1.59 bits per heavy atom. The van der Waals surface area contributed by atoms with E-state index in [2.05, 4.69) is 28.6 Å². The molecule has 0 aliphatic rings. The van der Waals surface area contributed by atoms with Crippen LogP contribution in [-0.2, 0) is 19.2 Å². The molecule has 0 bridgehead atoms. The zero-order chi connectivity index (χ0) is 21.0. The zero-order valence-electron chi connectivity index (χ0n) is 15.2. The first kappa shape index (κ1) is 25.1. The standard InChI is InChI=1S/C15H29N5O6S/c1-8(21)12(20-11(22)6-17)14(24)18-9(4-2-3-5-16)13(23)19-10(7-27)15(25)26/h8-10,12,21,27H,2-7,16-17H2,1H3,(H,18,24)(H,19,23)(H,20,22)(H,25,26). The summed E-state index contributed by atoms with van der Waals surface area (Å²) >= 11 is 3.87. The molecule has 0 saturated heterocycles. The van der Waals surface area contributed by atoms with Crippen LogP contribution in [0.4, 0.5) is 0 Å². The minimum Gasteiger partial charge on any atom is -0.480 e. The number of aliphatic hydroxyl groups excluding tert-OH is 1. The lowest BCUT2D eigenvalue weighted by Crippen LogP contribution is -2.58. The van der Waals surface area contributed by atoms with Crippen molar-refractivity contribution < 1.29 is 29.4 Å². The van der Waals surface area contributed by atoms with Crippen molar-refractivity contribution in [2.45, 2.75) is 50.4 Å². The first-order chi connectivity index (χ1) is 12.7. The second-order valence-corrected chi connectivity index (χ2v) is 6.28. The highest BCUT2D eigenvalue weighted by molar-refractivity contribution is 7.80. The summed E-state index contributed by atoms with van der Waals surface area (Å²) in [5.74, 6) is -3.55. The Morgan fingerprint density at radius 1 is 1.00 bits per heavy atom. The molecule has 0 aromatic heterocycles. The van der Waals surface area contributed by atoms with Crippen molar-refractivity contribution in [1.82, 2.24) is 16.0 Å². The van der Waals surface area contributed by atoms with Crippen LogP contribution in [0.5, 0.6) is 0 Å². The molecule has 0 aromatic rings. The minimum absolute atomic E-state index is 0.132. The molecule has 156 valence electrons. The number of carboxylic acids is 1. The summed E-state index contributed by atoms with van der Waals surface area (Å²) in [7, 11) is 0. The number of hydrogen-bond donors (Lipinski definition) is 8. The van der Waals surface area contributed by atoms with E-state index < -0.39 is 47.9 Å².